The average molecular weight is 245 g/mol. The van der Waals surface area contributed by atoms with Gasteiger partial charge in [-0.05, 0) is 38.5 Å². The predicted octanol–water partition coefficient (Wildman–Crippen LogP) is 2.54. The molecule has 3 nitrogen and oxygen atoms in total. The number of aliphatic hydroxyl groups is 2. The SMILES string of the molecule is CC(O)c1ccc(OC(C)C(C)O)c(Cl)c1. The first-order valence-corrected chi connectivity index (χ1v) is 5.62. The van der Waals surface area contributed by atoms with Crippen LogP contribution in [0.1, 0.15) is 32.4 Å². The zero-order valence-electron chi connectivity index (χ0n) is 9.64. The Bertz CT molecular complexity index is 350. The first kappa shape index (κ1) is 13.3. The fraction of sp³-hybridized carbons (Fsp3) is 0.500. The number of hydrogen-bond acceptors (Lipinski definition) is 3. The summed E-state index contributed by atoms with van der Waals surface area (Å²) in [5.41, 5.74) is 0.738. The second kappa shape index (κ2) is 5.53. The van der Waals surface area contributed by atoms with Crippen molar-refractivity contribution >= 4 is 11.6 Å². The number of hydrogen-bond donors (Lipinski definition) is 2. The van der Waals surface area contributed by atoms with Crippen molar-refractivity contribution in [3.8, 4) is 5.75 Å². The lowest BCUT2D eigenvalue weighted by molar-refractivity contribution is 0.0604. The molecule has 0 bridgehead atoms. The van der Waals surface area contributed by atoms with Crippen molar-refractivity contribution in [1.29, 1.82) is 0 Å². The highest BCUT2D eigenvalue weighted by Gasteiger charge is 2.13. The molecule has 1 rings (SSSR count). The minimum Gasteiger partial charge on any atom is -0.486 e. The van der Waals surface area contributed by atoms with Gasteiger partial charge in [0, 0.05) is 0 Å². The Morgan fingerprint density at radius 1 is 1.19 bits per heavy atom. The molecule has 3 atom stereocenters. The molecule has 1 aromatic rings. The van der Waals surface area contributed by atoms with E-state index in [9.17, 15) is 10.2 Å². The summed E-state index contributed by atoms with van der Waals surface area (Å²) in [7, 11) is 0. The van der Waals surface area contributed by atoms with Crippen LogP contribution in [-0.2, 0) is 0 Å². The molecule has 0 spiro atoms. The van der Waals surface area contributed by atoms with Crippen LogP contribution in [0.15, 0.2) is 18.2 Å². The molecule has 3 unspecified atom stereocenters. The maximum Gasteiger partial charge on any atom is 0.138 e. The third-order valence-corrected chi connectivity index (χ3v) is 2.73. The first-order valence-electron chi connectivity index (χ1n) is 5.24. The third-order valence-electron chi connectivity index (χ3n) is 2.43. The normalized spacial score (nSPS) is 16.6. The lowest BCUT2D eigenvalue weighted by atomic mass is 10.1. The van der Waals surface area contributed by atoms with Crippen molar-refractivity contribution in [2.45, 2.75) is 39.1 Å². The predicted molar refractivity (Wildman–Crippen MR) is 63.9 cm³/mol. The summed E-state index contributed by atoms with van der Waals surface area (Å²) in [6, 6.07) is 5.11. The molecule has 16 heavy (non-hydrogen) atoms. The van der Waals surface area contributed by atoms with Crippen LogP contribution < -0.4 is 4.74 Å². The molecule has 0 aliphatic carbocycles. The van der Waals surface area contributed by atoms with Crippen molar-refractivity contribution in [2.75, 3.05) is 0 Å². The Balaban J connectivity index is 2.83. The summed E-state index contributed by atoms with van der Waals surface area (Å²) in [4.78, 5) is 0. The van der Waals surface area contributed by atoms with E-state index in [2.05, 4.69) is 0 Å². The summed E-state index contributed by atoms with van der Waals surface area (Å²) in [6.07, 6.45) is -1.44. The molecule has 0 aromatic heterocycles. The van der Waals surface area contributed by atoms with Crippen LogP contribution in [0.5, 0.6) is 5.75 Å². The minimum atomic E-state index is -0.562. The Hall–Kier alpha value is -0.770. The van der Waals surface area contributed by atoms with Gasteiger partial charge in [-0.1, -0.05) is 17.7 Å². The Kier molecular flexibility index (Phi) is 4.59. The molecule has 0 saturated heterocycles. The lowest BCUT2D eigenvalue weighted by Gasteiger charge is -2.18. The van der Waals surface area contributed by atoms with Gasteiger partial charge in [-0.3, -0.25) is 0 Å². The molecule has 0 saturated carbocycles. The average Bonchev–Trinajstić information content (AvgIpc) is 2.20. The van der Waals surface area contributed by atoms with Crippen LogP contribution in [0, 0.1) is 0 Å². The fourth-order valence-corrected chi connectivity index (χ4v) is 1.40. The van der Waals surface area contributed by atoms with Crippen LogP contribution in [0.25, 0.3) is 0 Å². The Morgan fingerprint density at radius 2 is 1.81 bits per heavy atom. The first-order chi connectivity index (χ1) is 7.41. The highest BCUT2D eigenvalue weighted by molar-refractivity contribution is 6.32. The third kappa shape index (κ3) is 3.37. The highest BCUT2D eigenvalue weighted by atomic mass is 35.5. The van der Waals surface area contributed by atoms with E-state index in [1.54, 1.807) is 39.0 Å². The molecule has 90 valence electrons. The van der Waals surface area contributed by atoms with Gasteiger partial charge >= 0.3 is 0 Å². The molecule has 0 aliphatic heterocycles. The van der Waals surface area contributed by atoms with E-state index in [0.29, 0.717) is 10.8 Å². The molecule has 1 aromatic carbocycles. The quantitative estimate of drug-likeness (QED) is 0.856. The number of halogens is 1. The second-order valence-corrected chi connectivity index (χ2v) is 4.34. The molecular formula is C12H17ClO3. The van der Waals surface area contributed by atoms with Crippen LogP contribution in [-0.4, -0.2) is 22.4 Å². The maximum absolute atomic E-state index is 9.37. The van der Waals surface area contributed by atoms with Crippen molar-refractivity contribution in [3.05, 3.63) is 28.8 Å². The number of benzene rings is 1. The second-order valence-electron chi connectivity index (χ2n) is 3.93. The molecule has 0 heterocycles. The number of ether oxygens (including phenoxy) is 1. The number of aliphatic hydroxyl groups excluding tert-OH is 2. The van der Waals surface area contributed by atoms with E-state index in [4.69, 9.17) is 16.3 Å². The number of rotatable bonds is 4. The zero-order chi connectivity index (χ0) is 12.3. The summed E-state index contributed by atoms with van der Waals surface area (Å²) >= 11 is 6.00. The zero-order valence-corrected chi connectivity index (χ0v) is 10.4. The van der Waals surface area contributed by atoms with E-state index < -0.39 is 12.2 Å². The largest absolute Gasteiger partial charge is 0.486 e. The van der Waals surface area contributed by atoms with Gasteiger partial charge in [0.25, 0.3) is 0 Å². The van der Waals surface area contributed by atoms with Gasteiger partial charge in [0.1, 0.15) is 11.9 Å². The summed E-state index contributed by atoms with van der Waals surface area (Å²) in [5, 5.41) is 19.1. The van der Waals surface area contributed by atoms with Crippen LogP contribution in [0.2, 0.25) is 5.02 Å². The maximum atomic E-state index is 9.37. The Morgan fingerprint density at radius 3 is 2.25 bits per heavy atom. The van der Waals surface area contributed by atoms with E-state index in [-0.39, 0.29) is 6.10 Å². The molecule has 0 amide bonds. The van der Waals surface area contributed by atoms with Crippen LogP contribution in [0.4, 0.5) is 0 Å². The van der Waals surface area contributed by atoms with Gasteiger partial charge in [0.2, 0.25) is 0 Å². The van der Waals surface area contributed by atoms with Crippen molar-refractivity contribution in [1.82, 2.24) is 0 Å². The topological polar surface area (TPSA) is 49.7 Å². The molecule has 0 fully saturated rings. The van der Waals surface area contributed by atoms with Crippen LogP contribution >= 0.6 is 11.6 Å². The summed E-state index contributed by atoms with van der Waals surface area (Å²) in [5.74, 6) is 0.513. The monoisotopic (exact) mass is 244 g/mol. The molecule has 0 aliphatic rings. The van der Waals surface area contributed by atoms with Gasteiger partial charge < -0.3 is 14.9 Å². The molecule has 4 heteroatoms. The lowest BCUT2D eigenvalue weighted by Crippen LogP contribution is -2.25. The minimum absolute atomic E-state index is 0.324. The highest BCUT2D eigenvalue weighted by Crippen LogP contribution is 2.28. The molecule has 2 N–H and O–H groups in total. The smallest absolute Gasteiger partial charge is 0.138 e. The van der Waals surface area contributed by atoms with Crippen LogP contribution in [0.3, 0.4) is 0 Å². The van der Waals surface area contributed by atoms with E-state index in [1.807, 2.05) is 0 Å². The fourth-order valence-electron chi connectivity index (χ4n) is 1.17. The van der Waals surface area contributed by atoms with E-state index in [1.165, 1.54) is 0 Å². The van der Waals surface area contributed by atoms with Gasteiger partial charge in [-0.25, -0.2) is 0 Å². The van der Waals surface area contributed by atoms with Crippen molar-refractivity contribution in [3.63, 3.8) is 0 Å². The van der Waals surface area contributed by atoms with E-state index >= 15 is 0 Å². The summed E-state index contributed by atoms with van der Waals surface area (Å²) < 4.78 is 5.48. The molecule has 0 radical (unpaired) electrons. The van der Waals surface area contributed by atoms with Gasteiger partial charge in [-0.15, -0.1) is 0 Å². The standard InChI is InChI=1S/C12H17ClO3/c1-7(14)9(3)16-12-5-4-10(8(2)15)6-11(12)13/h4-9,14-15H,1-3H3. The Labute approximate surface area is 101 Å². The molecular weight excluding hydrogens is 228 g/mol. The van der Waals surface area contributed by atoms with Gasteiger partial charge in [-0.2, -0.15) is 0 Å². The van der Waals surface area contributed by atoms with Crippen molar-refractivity contribution < 1.29 is 14.9 Å². The van der Waals surface area contributed by atoms with Crippen molar-refractivity contribution in [2.24, 2.45) is 0 Å². The van der Waals surface area contributed by atoms with Gasteiger partial charge in [0.05, 0.1) is 17.2 Å². The summed E-state index contributed by atoms with van der Waals surface area (Å²) in [6.45, 7) is 5.09. The van der Waals surface area contributed by atoms with Gasteiger partial charge in [0.15, 0.2) is 0 Å². The van der Waals surface area contributed by atoms with E-state index in [0.717, 1.165) is 5.56 Å².